The monoisotopic (exact) mass is 474 g/mol. The van der Waals surface area contributed by atoms with Crippen molar-refractivity contribution in [1.82, 2.24) is 14.8 Å². The Labute approximate surface area is 204 Å². The molecule has 7 heteroatoms. The van der Waals surface area contributed by atoms with Crippen LogP contribution in [0.3, 0.4) is 0 Å². The summed E-state index contributed by atoms with van der Waals surface area (Å²) in [5.41, 5.74) is 5.23. The molecule has 1 N–H and O–H groups in total. The van der Waals surface area contributed by atoms with E-state index in [1.54, 1.807) is 28.2 Å². The molecule has 0 bridgehead atoms. The van der Waals surface area contributed by atoms with Gasteiger partial charge in [0, 0.05) is 11.6 Å². The van der Waals surface area contributed by atoms with Gasteiger partial charge in [0.15, 0.2) is 0 Å². The Morgan fingerprint density at radius 1 is 1.12 bits per heavy atom. The van der Waals surface area contributed by atoms with Crippen LogP contribution in [0.15, 0.2) is 42.5 Å². The number of thiazole rings is 1. The van der Waals surface area contributed by atoms with E-state index in [-0.39, 0.29) is 5.91 Å². The summed E-state index contributed by atoms with van der Waals surface area (Å²) < 4.78 is 8.72. The lowest BCUT2D eigenvalue weighted by Gasteiger charge is -2.14. The van der Waals surface area contributed by atoms with E-state index in [1.165, 1.54) is 24.0 Å². The molecule has 5 rings (SSSR count). The Balaban J connectivity index is 1.37. The molecule has 0 saturated carbocycles. The maximum absolute atomic E-state index is 13.1. The molecule has 1 aliphatic carbocycles. The molecule has 176 valence electrons. The first kappa shape index (κ1) is 22.6. The van der Waals surface area contributed by atoms with Crippen molar-refractivity contribution in [3.05, 3.63) is 64.8 Å². The lowest BCUT2D eigenvalue weighted by Crippen LogP contribution is -2.15. The van der Waals surface area contributed by atoms with Gasteiger partial charge in [-0.05, 0) is 80.5 Å². The van der Waals surface area contributed by atoms with Gasteiger partial charge >= 0.3 is 0 Å². The number of carbonyl (C=O) groups is 1. The number of unbranched alkanes of at least 4 members (excludes halogenated alkanes) is 2. The average Bonchev–Trinajstić information content (AvgIpc) is 3.42. The summed E-state index contributed by atoms with van der Waals surface area (Å²) in [6.07, 6.45) is 8.06. The van der Waals surface area contributed by atoms with Crippen molar-refractivity contribution < 1.29 is 9.53 Å². The number of nitrogens with zero attached hydrogens (tertiary/aromatic N) is 3. The van der Waals surface area contributed by atoms with Gasteiger partial charge in [-0.25, -0.2) is 4.98 Å². The quantitative estimate of drug-likeness (QED) is 0.296. The number of hydrogen-bond donors (Lipinski definition) is 1. The predicted octanol–water partition coefficient (Wildman–Crippen LogP) is 6.49. The number of carbonyl (C=O) groups excluding carboxylic acids is 1. The second-order valence-corrected chi connectivity index (χ2v) is 9.92. The molecule has 2 aromatic heterocycles. The van der Waals surface area contributed by atoms with Crippen LogP contribution in [-0.2, 0) is 12.8 Å². The van der Waals surface area contributed by atoms with E-state index in [2.05, 4.69) is 29.5 Å². The number of aromatic nitrogens is 3. The van der Waals surface area contributed by atoms with Crippen LogP contribution in [0.2, 0.25) is 0 Å². The third-order valence-electron chi connectivity index (χ3n) is 6.21. The maximum atomic E-state index is 13.1. The number of benzene rings is 2. The third-order valence-corrected chi connectivity index (χ3v) is 7.20. The van der Waals surface area contributed by atoms with Gasteiger partial charge in [0.2, 0.25) is 5.13 Å². The number of aryl methyl sites for hydroxylation is 3. The lowest BCUT2D eigenvalue weighted by molar-refractivity contribution is 0.102. The summed E-state index contributed by atoms with van der Waals surface area (Å²) in [4.78, 5) is 17.9. The van der Waals surface area contributed by atoms with E-state index in [0.717, 1.165) is 53.1 Å². The fourth-order valence-electron chi connectivity index (χ4n) is 4.43. The molecule has 2 heterocycles. The molecule has 6 nitrogen and oxygen atoms in total. The van der Waals surface area contributed by atoms with E-state index in [9.17, 15) is 4.79 Å². The smallest absolute Gasteiger partial charge is 0.256 e. The van der Waals surface area contributed by atoms with Crippen LogP contribution in [0.25, 0.3) is 15.3 Å². The van der Waals surface area contributed by atoms with Crippen LogP contribution in [0.5, 0.6) is 5.75 Å². The number of ether oxygens (including phenoxy) is 1. The van der Waals surface area contributed by atoms with Gasteiger partial charge in [-0.3, -0.25) is 4.79 Å². The van der Waals surface area contributed by atoms with Gasteiger partial charge in [-0.2, -0.15) is 9.78 Å². The number of hydrogen-bond acceptors (Lipinski definition) is 5. The van der Waals surface area contributed by atoms with E-state index in [0.29, 0.717) is 23.7 Å². The topological polar surface area (TPSA) is 69.0 Å². The molecule has 0 unspecified atom stereocenters. The number of fused-ring (bicyclic) bond motifs is 2. The zero-order chi connectivity index (χ0) is 23.5. The first-order valence-corrected chi connectivity index (χ1v) is 13.0. The summed E-state index contributed by atoms with van der Waals surface area (Å²) >= 11 is 1.61. The molecule has 1 amide bonds. The summed E-state index contributed by atoms with van der Waals surface area (Å²) in [7, 11) is 0. The zero-order valence-electron chi connectivity index (χ0n) is 19.8. The minimum absolute atomic E-state index is 0.197. The second kappa shape index (κ2) is 9.97. The number of rotatable bonds is 8. The molecule has 0 radical (unpaired) electrons. The molecular weight excluding hydrogens is 444 g/mol. The molecule has 34 heavy (non-hydrogen) atoms. The summed E-state index contributed by atoms with van der Waals surface area (Å²) in [6, 6.07) is 13.7. The van der Waals surface area contributed by atoms with Crippen molar-refractivity contribution in [2.45, 2.75) is 58.8 Å². The second-order valence-electron chi connectivity index (χ2n) is 8.91. The first-order chi connectivity index (χ1) is 16.6. The lowest BCUT2D eigenvalue weighted by atomic mass is 9.92. The Kier molecular flexibility index (Phi) is 6.63. The molecule has 1 aliphatic rings. The Bertz CT molecular complexity index is 1280. The number of anilines is 1. The Hall–Kier alpha value is -3.19. The summed E-state index contributed by atoms with van der Waals surface area (Å²) in [5.74, 6) is 1.13. The Morgan fingerprint density at radius 3 is 2.76 bits per heavy atom. The van der Waals surface area contributed by atoms with Gasteiger partial charge in [0.25, 0.3) is 5.91 Å². The van der Waals surface area contributed by atoms with Crippen molar-refractivity contribution in [2.24, 2.45) is 0 Å². The van der Waals surface area contributed by atoms with E-state index >= 15 is 0 Å². The van der Waals surface area contributed by atoms with Crippen LogP contribution in [-0.4, -0.2) is 27.3 Å². The van der Waals surface area contributed by atoms with E-state index in [1.807, 2.05) is 25.1 Å². The number of amides is 1. The Morgan fingerprint density at radius 2 is 1.94 bits per heavy atom. The maximum Gasteiger partial charge on any atom is 0.256 e. The highest BCUT2D eigenvalue weighted by Crippen LogP contribution is 2.32. The minimum Gasteiger partial charge on any atom is -0.494 e. The molecule has 2 aromatic carbocycles. The highest BCUT2D eigenvalue weighted by Gasteiger charge is 2.18. The fraction of sp³-hybridized carbons (Fsp3) is 0.370. The molecule has 4 aromatic rings. The molecule has 0 aliphatic heterocycles. The molecule has 0 spiro atoms. The normalized spacial score (nSPS) is 13.1. The third kappa shape index (κ3) is 4.85. The predicted molar refractivity (Wildman–Crippen MR) is 138 cm³/mol. The van der Waals surface area contributed by atoms with Gasteiger partial charge in [0.05, 0.1) is 22.5 Å². The van der Waals surface area contributed by atoms with Crippen LogP contribution in [0, 0.1) is 6.92 Å². The first-order valence-electron chi connectivity index (χ1n) is 12.1. The highest BCUT2D eigenvalue weighted by molar-refractivity contribution is 7.20. The van der Waals surface area contributed by atoms with Crippen LogP contribution in [0.4, 0.5) is 5.82 Å². The van der Waals surface area contributed by atoms with E-state index in [4.69, 9.17) is 9.72 Å². The number of nitrogens with one attached hydrogen (secondary N) is 1. The van der Waals surface area contributed by atoms with Gasteiger partial charge in [-0.15, -0.1) is 0 Å². The summed E-state index contributed by atoms with van der Waals surface area (Å²) in [5, 5.41) is 8.40. The van der Waals surface area contributed by atoms with Crippen molar-refractivity contribution in [3.8, 4) is 10.9 Å². The summed E-state index contributed by atoms with van der Waals surface area (Å²) in [6.45, 7) is 4.74. The van der Waals surface area contributed by atoms with Crippen molar-refractivity contribution in [3.63, 3.8) is 0 Å². The van der Waals surface area contributed by atoms with Crippen LogP contribution < -0.4 is 10.1 Å². The SMILES string of the molecule is CCCCCOc1cccc(C(=O)Nc2cc(C)nn2-c2nc3cc4c(cc3s2)CCCC4)c1. The van der Waals surface area contributed by atoms with Gasteiger partial charge in [-0.1, -0.05) is 37.2 Å². The molecule has 0 saturated heterocycles. The standard InChI is InChI=1S/C27H30N4O2S/c1-3-4-7-13-33-22-12-8-11-21(15-22)26(32)29-25-14-18(2)30-31(25)27-28-23-16-19-9-5-6-10-20(19)17-24(23)34-27/h8,11-12,14-17H,3-7,9-10,13H2,1-2H3,(H,29,32). The van der Waals surface area contributed by atoms with E-state index < -0.39 is 0 Å². The fourth-order valence-corrected chi connectivity index (χ4v) is 5.40. The van der Waals surface area contributed by atoms with Crippen molar-refractivity contribution in [2.75, 3.05) is 11.9 Å². The average molecular weight is 475 g/mol. The molecular formula is C27H30N4O2S. The van der Waals surface area contributed by atoms with Crippen molar-refractivity contribution >= 4 is 33.3 Å². The molecule has 0 fully saturated rings. The van der Waals surface area contributed by atoms with Gasteiger partial charge < -0.3 is 10.1 Å². The van der Waals surface area contributed by atoms with Crippen molar-refractivity contribution in [1.29, 1.82) is 0 Å². The minimum atomic E-state index is -0.197. The largest absolute Gasteiger partial charge is 0.494 e. The zero-order valence-corrected chi connectivity index (χ0v) is 20.6. The van der Waals surface area contributed by atoms with Crippen LogP contribution >= 0.6 is 11.3 Å². The molecule has 0 atom stereocenters. The van der Waals surface area contributed by atoms with Gasteiger partial charge in [0.1, 0.15) is 11.6 Å². The highest BCUT2D eigenvalue weighted by atomic mass is 32.1. The van der Waals surface area contributed by atoms with Crippen LogP contribution in [0.1, 0.15) is 66.2 Å².